The average molecular weight is 396 g/mol. The second-order valence-corrected chi connectivity index (χ2v) is 7.21. The molecule has 0 aromatic heterocycles. The molecule has 154 valence electrons. The molecule has 0 spiro atoms. The first-order chi connectivity index (χ1) is 14.0. The van der Waals surface area contributed by atoms with Crippen LogP contribution in [0.4, 0.5) is 4.79 Å². The lowest BCUT2D eigenvalue weighted by Crippen LogP contribution is -2.51. The van der Waals surface area contributed by atoms with E-state index in [-0.39, 0.29) is 36.2 Å². The minimum Gasteiger partial charge on any atom is -0.497 e. The fourth-order valence-electron chi connectivity index (χ4n) is 3.95. The summed E-state index contributed by atoms with van der Waals surface area (Å²) in [6.07, 6.45) is 0.289. The Kier molecular flexibility index (Phi) is 6.42. The van der Waals surface area contributed by atoms with Crippen LogP contribution in [0.5, 0.6) is 11.5 Å². The number of carbonyl (C=O) groups is 2. The summed E-state index contributed by atoms with van der Waals surface area (Å²) in [6.45, 7) is 4.30. The fraction of sp³-hybridized carbons (Fsp3) is 0.391. The van der Waals surface area contributed by atoms with E-state index in [1.807, 2.05) is 67.3 Å². The molecule has 6 nitrogen and oxygen atoms in total. The molecule has 3 rings (SSSR count). The summed E-state index contributed by atoms with van der Waals surface area (Å²) in [5, 5.41) is 2.92. The number of nitrogens with one attached hydrogen (secondary N) is 1. The number of hydrogen-bond donors (Lipinski definition) is 1. The number of ketones is 1. The van der Waals surface area contributed by atoms with Crippen LogP contribution in [-0.4, -0.2) is 37.5 Å². The highest BCUT2D eigenvalue weighted by Gasteiger charge is 2.43. The van der Waals surface area contributed by atoms with E-state index in [2.05, 4.69) is 5.32 Å². The first-order valence-corrected chi connectivity index (χ1v) is 9.86. The van der Waals surface area contributed by atoms with Crippen LogP contribution in [0.15, 0.2) is 48.5 Å². The molecule has 0 unspecified atom stereocenters. The van der Waals surface area contributed by atoms with Crippen LogP contribution in [-0.2, 0) is 4.79 Å². The SMILES string of the molecule is CCNC(=O)N1[C@@H](c2ccc(OC)cc2)CC(=O)[C@@H](C)[C@@H]1c1ccc(OC)cc1. The third kappa shape index (κ3) is 4.21. The lowest BCUT2D eigenvalue weighted by Gasteiger charge is -2.45. The van der Waals surface area contributed by atoms with Gasteiger partial charge in [0, 0.05) is 18.9 Å². The number of amides is 2. The predicted molar refractivity (Wildman–Crippen MR) is 111 cm³/mol. The number of nitrogens with zero attached hydrogens (tertiary/aromatic N) is 1. The third-order valence-corrected chi connectivity index (χ3v) is 5.53. The highest BCUT2D eigenvalue weighted by atomic mass is 16.5. The number of carbonyl (C=O) groups excluding carboxylic acids is 2. The number of piperidine rings is 1. The van der Waals surface area contributed by atoms with Crippen molar-refractivity contribution in [2.45, 2.75) is 32.4 Å². The van der Waals surface area contributed by atoms with E-state index in [0.717, 1.165) is 22.6 Å². The van der Waals surface area contributed by atoms with Gasteiger partial charge in [0.15, 0.2) is 0 Å². The number of urea groups is 1. The van der Waals surface area contributed by atoms with Crippen molar-refractivity contribution in [3.63, 3.8) is 0 Å². The van der Waals surface area contributed by atoms with E-state index in [1.54, 1.807) is 14.2 Å². The number of Topliss-reactive ketones (excluding diaryl/α,β-unsaturated/α-hetero) is 1. The summed E-state index contributed by atoms with van der Waals surface area (Å²) < 4.78 is 10.5. The molecule has 1 N–H and O–H groups in total. The molecule has 3 atom stereocenters. The quantitative estimate of drug-likeness (QED) is 0.825. The van der Waals surface area contributed by atoms with Gasteiger partial charge < -0.3 is 19.7 Å². The van der Waals surface area contributed by atoms with Gasteiger partial charge in [-0.3, -0.25) is 4.79 Å². The Hall–Kier alpha value is -3.02. The Morgan fingerprint density at radius 1 is 1.00 bits per heavy atom. The molecule has 2 aromatic carbocycles. The van der Waals surface area contributed by atoms with Gasteiger partial charge in [-0.05, 0) is 42.3 Å². The summed E-state index contributed by atoms with van der Waals surface area (Å²) in [5.74, 6) is 1.31. The Bertz CT molecular complexity index is 848. The third-order valence-electron chi connectivity index (χ3n) is 5.53. The zero-order chi connectivity index (χ0) is 21.0. The lowest BCUT2D eigenvalue weighted by molar-refractivity contribution is -0.129. The van der Waals surface area contributed by atoms with Crippen molar-refractivity contribution in [2.75, 3.05) is 20.8 Å². The Morgan fingerprint density at radius 2 is 1.52 bits per heavy atom. The van der Waals surface area contributed by atoms with Crippen molar-refractivity contribution in [1.29, 1.82) is 0 Å². The zero-order valence-electron chi connectivity index (χ0n) is 17.3. The van der Waals surface area contributed by atoms with Gasteiger partial charge >= 0.3 is 6.03 Å². The molecule has 0 radical (unpaired) electrons. The smallest absolute Gasteiger partial charge is 0.318 e. The summed E-state index contributed by atoms with van der Waals surface area (Å²) in [6, 6.07) is 14.3. The van der Waals surface area contributed by atoms with Crippen molar-refractivity contribution < 1.29 is 19.1 Å². The summed E-state index contributed by atoms with van der Waals surface area (Å²) in [4.78, 5) is 27.9. The van der Waals surface area contributed by atoms with Gasteiger partial charge in [-0.1, -0.05) is 31.2 Å². The number of rotatable bonds is 5. The molecule has 0 bridgehead atoms. The number of hydrogen-bond acceptors (Lipinski definition) is 4. The first kappa shape index (κ1) is 20.7. The van der Waals surface area contributed by atoms with E-state index in [0.29, 0.717) is 6.54 Å². The molecule has 2 amide bonds. The maximum Gasteiger partial charge on any atom is 0.318 e. The second-order valence-electron chi connectivity index (χ2n) is 7.21. The first-order valence-electron chi connectivity index (χ1n) is 9.86. The normalized spacial score (nSPS) is 21.6. The van der Waals surface area contributed by atoms with Gasteiger partial charge in [0.05, 0.1) is 26.3 Å². The maximum absolute atomic E-state index is 13.1. The molecule has 1 saturated heterocycles. The van der Waals surface area contributed by atoms with Crippen molar-refractivity contribution in [1.82, 2.24) is 10.2 Å². The van der Waals surface area contributed by atoms with E-state index >= 15 is 0 Å². The molecular weight excluding hydrogens is 368 g/mol. The monoisotopic (exact) mass is 396 g/mol. The molecule has 6 heteroatoms. The van der Waals surface area contributed by atoms with Crippen LogP contribution >= 0.6 is 0 Å². The van der Waals surface area contributed by atoms with Crippen LogP contribution in [0, 0.1) is 5.92 Å². The van der Waals surface area contributed by atoms with E-state index in [1.165, 1.54) is 0 Å². The molecular formula is C23H28N2O4. The number of ether oxygens (including phenoxy) is 2. The number of methoxy groups -OCH3 is 2. The maximum atomic E-state index is 13.1. The standard InChI is InChI=1S/C23H28N2O4/c1-5-24-23(27)25-20(16-6-10-18(28-3)11-7-16)14-21(26)15(2)22(25)17-8-12-19(29-4)13-9-17/h6-13,15,20,22H,5,14H2,1-4H3,(H,24,27)/t15-,20-,22-/m1/s1. The molecule has 1 aliphatic heterocycles. The topological polar surface area (TPSA) is 67.9 Å². The highest BCUT2D eigenvalue weighted by molar-refractivity contribution is 5.86. The Morgan fingerprint density at radius 3 is 2.00 bits per heavy atom. The van der Waals surface area contributed by atoms with E-state index in [9.17, 15) is 9.59 Å². The molecule has 1 heterocycles. The summed E-state index contributed by atoms with van der Waals surface area (Å²) in [5.41, 5.74) is 1.83. The molecule has 0 saturated carbocycles. The minimum absolute atomic E-state index is 0.146. The van der Waals surface area contributed by atoms with Gasteiger partial charge in [-0.15, -0.1) is 0 Å². The largest absolute Gasteiger partial charge is 0.497 e. The predicted octanol–water partition coefficient (Wildman–Crippen LogP) is 4.13. The second kappa shape index (κ2) is 8.99. The van der Waals surface area contributed by atoms with Gasteiger partial charge in [0.25, 0.3) is 0 Å². The van der Waals surface area contributed by atoms with Gasteiger partial charge in [0.1, 0.15) is 17.3 Å². The molecule has 29 heavy (non-hydrogen) atoms. The lowest BCUT2D eigenvalue weighted by atomic mass is 9.80. The molecule has 0 aliphatic carbocycles. The van der Waals surface area contributed by atoms with Crippen LogP contribution in [0.3, 0.4) is 0 Å². The average Bonchev–Trinajstić information content (AvgIpc) is 2.75. The van der Waals surface area contributed by atoms with Crippen LogP contribution in [0.1, 0.15) is 43.5 Å². The summed E-state index contributed by atoms with van der Waals surface area (Å²) in [7, 11) is 3.23. The van der Waals surface area contributed by atoms with Crippen molar-refractivity contribution in [3.05, 3.63) is 59.7 Å². The van der Waals surface area contributed by atoms with Crippen molar-refractivity contribution >= 4 is 11.8 Å². The molecule has 1 fully saturated rings. The Labute approximate surface area is 171 Å². The number of benzene rings is 2. The van der Waals surface area contributed by atoms with Gasteiger partial charge in [-0.2, -0.15) is 0 Å². The van der Waals surface area contributed by atoms with Crippen LogP contribution in [0.2, 0.25) is 0 Å². The summed E-state index contributed by atoms with van der Waals surface area (Å²) >= 11 is 0. The molecule has 1 aliphatic rings. The van der Waals surface area contributed by atoms with Gasteiger partial charge in [0.2, 0.25) is 0 Å². The van der Waals surface area contributed by atoms with E-state index in [4.69, 9.17) is 9.47 Å². The van der Waals surface area contributed by atoms with Gasteiger partial charge in [-0.25, -0.2) is 4.79 Å². The van der Waals surface area contributed by atoms with Crippen LogP contribution < -0.4 is 14.8 Å². The number of likely N-dealkylation sites (tertiary alicyclic amines) is 1. The highest BCUT2D eigenvalue weighted by Crippen LogP contribution is 2.43. The van der Waals surface area contributed by atoms with Crippen molar-refractivity contribution in [2.24, 2.45) is 5.92 Å². The molecule has 2 aromatic rings. The van der Waals surface area contributed by atoms with E-state index < -0.39 is 0 Å². The minimum atomic E-state index is -0.360. The fourth-order valence-corrected chi connectivity index (χ4v) is 3.95. The van der Waals surface area contributed by atoms with Crippen molar-refractivity contribution in [3.8, 4) is 11.5 Å². The zero-order valence-corrected chi connectivity index (χ0v) is 17.3. The Balaban J connectivity index is 2.06. The van der Waals surface area contributed by atoms with Crippen LogP contribution in [0.25, 0.3) is 0 Å².